The summed E-state index contributed by atoms with van der Waals surface area (Å²) >= 11 is 1.36. The van der Waals surface area contributed by atoms with E-state index in [0.29, 0.717) is 24.6 Å². The van der Waals surface area contributed by atoms with Crippen LogP contribution in [0.5, 0.6) is 0 Å². The fourth-order valence-corrected chi connectivity index (χ4v) is 2.61. The maximum Gasteiger partial charge on any atom is 0.261 e. The monoisotopic (exact) mass is 266 g/mol. The molecule has 1 aromatic heterocycles. The van der Waals surface area contributed by atoms with Crippen LogP contribution in [0.2, 0.25) is 0 Å². The first-order chi connectivity index (χ1) is 8.79. The lowest BCUT2D eigenvalue weighted by Crippen LogP contribution is -2.38. The molecule has 0 radical (unpaired) electrons. The summed E-state index contributed by atoms with van der Waals surface area (Å²) in [7, 11) is 0. The molecule has 0 saturated carbocycles. The fourth-order valence-electron chi connectivity index (χ4n) is 1.78. The van der Waals surface area contributed by atoms with Gasteiger partial charge >= 0.3 is 0 Å². The van der Waals surface area contributed by atoms with Crippen molar-refractivity contribution < 1.29 is 9.53 Å². The molecule has 1 fully saturated rings. The Morgan fingerprint density at radius 2 is 2.33 bits per heavy atom. The van der Waals surface area contributed by atoms with Crippen LogP contribution in [0, 0.1) is 0 Å². The van der Waals surface area contributed by atoms with Crippen LogP contribution in [-0.4, -0.2) is 25.2 Å². The average molecular weight is 266 g/mol. The lowest BCUT2D eigenvalue weighted by atomic mass is 10.1. The van der Waals surface area contributed by atoms with Crippen LogP contribution in [-0.2, 0) is 11.3 Å². The molecule has 96 valence electrons. The zero-order chi connectivity index (χ0) is 12.8. The third-order valence-electron chi connectivity index (χ3n) is 2.73. The second-order valence-corrected chi connectivity index (χ2v) is 5.18. The van der Waals surface area contributed by atoms with Crippen molar-refractivity contribution in [2.75, 3.05) is 13.2 Å². The zero-order valence-electron chi connectivity index (χ0n) is 9.83. The molecule has 2 rings (SSSR count). The maximum absolute atomic E-state index is 12.0. The van der Waals surface area contributed by atoms with Gasteiger partial charge in [-0.15, -0.1) is 11.3 Å². The Balaban J connectivity index is 1.91. The van der Waals surface area contributed by atoms with E-state index in [2.05, 4.69) is 15.3 Å². The topological polar surface area (TPSA) is 87.1 Å². The van der Waals surface area contributed by atoms with Gasteiger partial charge in [0.1, 0.15) is 0 Å². The largest absolute Gasteiger partial charge is 0.381 e. The van der Waals surface area contributed by atoms with E-state index in [-0.39, 0.29) is 11.9 Å². The Hall–Kier alpha value is -1.56. The number of thiophene rings is 1. The first-order valence-corrected chi connectivity index (χ1v) is 6.59. The highest BCUT2D eigenvalue weighted by molar-refractivity contribution is 7.14. The van der Waals surface area contributed by atoms with Crippen molar-refractivity contribution in [1.82, 2.24) is 5.32 Å². The molecule has 0 atom stereocenters. The Labute approximate surface area is 109 Å². The molecule has 7 heteroatoms. The minimum atomic E-state index is -0.0564. The quantitative estimate of drug-likeness (QED) is 0.515. The van der Waals surface area contributed by atoms with Crippen LogP contribution in [0.4, 0.5) is 0 Å². The molecule has 0 spiro atoms. The SMILES string of the molecule is [N-]=[N+]=NCc1ccc(C(=O)NC2CCOCC2)s1. The Morgan fingerprint density at radius 3 is 3.06 bits per heavy atom. The van der Waals surface area contributed by atoms with Crippen LogP contribution in [0.15, 0.2) is 17.2 Å². The predicted octanol–water partition coefficient (Wildman–Crippen LogP) is 2.47. The molecule has 0 aromatic carbocycles. The number of hydrogen-bond donors (Lipinski definition) is 1. The number of carbonyl (C=O) groups is 1. The van der Waals surface area contributed by atoms with Gasteiger partial charge in [0.2, 0.25) is 0 Å². The molecule has 1 aromatic rings. The second kappa shape index (κ2) is 6.39. The van der Waals surface area contributed by atoms with E-state index in [0.717, 1.165) is 17.7 Å². The zero-order valence-corrected chi connectivity index (χ0v) is 10.7. The van der Waals surface area contributed by atoms with Gasteiger partial charge in [-0.3, -0.25) is 4.79 Å². The van der Waals surface area contributed by atoms with E-state index in [4.69, 9.17) is 10.3 Å². The van der Waals surface area contributed by atoms with Crippen molar-refractivity contribution in [3.8, 4) is 0 Å². The molecule has 18 heavy (non-hydrogen) atoms. The molecule has 0 bridgehead atoms. The van der Waals surface area contributed by atoms with Crippen molar-refractivity contribution >= 4 is 17.2 Å². The number of hydrogen-bond acceptors (Lipinski definition) is 4. The van der Waals surface area contributed by atoms with Gasteiger partial charge in [0.15, 0.2) is 0 Å². The van der Waals surface area contributed by atoms with Gasteiger partial charge in [0.25, 0.3) is 5.91 Å². The highest BCUT2D eigenvalue weighted by Crippen LogP contribution is 2.18. The van der Waals surface area contributed by atoms with E-state index in [9.17, 15) is 4.79 Å². The first-order valence-electron chi connectivity index (χ1n) is 5.78. The molecule has 1 saturated heterocycles. The van der Waals surface area contributed by atoms with Gasteiger partial charge in [0, 0.05) is 29.0 Å². The second-order valence-electron chi connectivity index (χ2n) is 4.02. The predicted molar refractivity (Wildman–Crippen MR) is 68.5 cm³/mol. The number of amides is 1. The van der Waals surface area contributed by atoms with Gasteiger partial charge in [-0.1, -0.05) is 5.11 Å². The molecule has 1 aliphatic rings. The molecule has 1 N–H and O–H groups in total. The molecule has 0 unspecified atom stereocenters. The molecular formula is C11H14N4O2S. The third-order valence-corrected chi connectivity index (χ3v) is 3.80. The van der Waals surface area contributed by atoms with Crippen molar-refractivity contribution in [1.29, 1.82) is 0 Å². The van der Waals surface area contributed by atoms with Crippen LogP contribution < -0.4 is 5.32 Å². The highest BCUT2D eigenvalue weighted by Gasteiger charge is 2.17. The number of azide groups is 1. The molecule has 6 nitrogen and oxygen atoms in total. The van der Waals surface area contributed by atoms with Gasteiger partial charge in [-0.05, 0) is 30.5 Å². The lowest BCUT2D eigenvalue weighted by molar-refractivity contribution is 0.0698. The summed E-state index contributed by atoms with van der Waals surface area (Å²) in [4.78, 5) is 16.2. The van der Waals surface area contributed by atoms with Crippen molar-refractivity contribution in [3.05, 3.63) is 32.3 Å². The van der Waals surface area contributed by atoms with Gasteiger partial charge in [-0.2, -0.15) is 0 Å². The van der Waals surface area contributed by atoms with Crippen LogP contribution in [0.1, 0.15) is 27.4 Å². The van der Waals surface area contributed by atoms with Crippen molar-refractivity contribution in [3.63, 3.8) is 0 Å². The Bertz CT molecular complexity index is 461. The summed E-state index contributed by atoms with van der Waals surface area (Å²) < 4.78 is 5.24. The molecule has 1 amide bonds. The standard InChI is InChI=1S/C11H14N4O2S/c12-15-13-7-9-1-2-10(18-9)11(16)14-8-3-5-17-6-4-8/h1-2,8H,3-7H2,(H,14,16). The normalized spacial score (nSPS) is 16.0. The van der Waals surface area contributed by atoms with E-state index in [1.165, 1.54) is 11.3 Å². The number of nitrogens with zero attached hydrogens (tertiary/aromatic N) is 3. The number of carbonyl (C=O) groups excluding carboxylic acids is 1. The van der Waals surface area contributed by atoms with E-state index in [1.807, 2.05) is 6.07 Å². The summed E-state index contributed by atoms with van der Waals surface area (Å²) in [6, 6.07) is 3.79. The number of ether oxygens (including phenoxy) is 1. The summed E-state index contributed by atoms with van der Waals surface area (Å²) in [5.41, 5.74) is 8.23. The van der Waals surface area contributed by atoms with Crippen molar-refractivity contribution in [2.45, 2.75) is 25.4 Å². The van der Waals surface area contributed by atoms with Crippen molar-refractivity contribution in [2.24, 2.45) is 5.11 Å². The molecule has 0 aliphatic carbocycles. The third kappa shape index (κ3) is 3.46. The molecule has 1 aliphatic heterocycles. The Kier molecular flexibility index (Phi) is 4.58. The van der Waals surface area contributed by atoms with E-state index >= 15 is 0 Å². The molecular weight excluding hydrogens is 252 g/mol. The van der Waals surface area contributed by atoms with Crippen LogP contribution in [0.25, 0.3) is 10.4 Å². The summed E-state index contributed by atoms with van der Waals surface area (Å²) in [6.45, 7) is 1.71. The van der Waals surface area contributed by atoms with E-state index < -0.39 is 0 Å². The number of nitrogens with one attached hydrogen (secondary N) is 1. The van der Waals surface area contributed by atoms with Gasteiger partial charge in [-0.25, -0.2) is 0 Å². The van der Waals surface area contributed by atoms with E-state index in [1.54, 1.807) is 6.07 Å². The van der Waals surface area contributed by atoms with Crippen LogP contribution in [0.3, 0.4) is 0 Å². The summed E-state index contributed by atoms with van der Waals surface area (Å²) in [5, 5.41) is 6.47. The first kappa shape index (κ1) is 12.9. The van der Waals surface area contributed by atoms with Crippen LogP contribution >= 0.6 is 11.3 Å². The minimum absolute atomic E-state index is 0.0564. The smallest absolute Gasteiger partial charge is 0.261 e. The Morgan fingerprint density at radius 1 is 1.56 bits per heavy atom. The summed E-state index contributed by atoms with van der Waals surface area (Å²) in [6.07, 6.45) is 1.73. The highest BCUT2D eigenvalue weighted by atomic mass is 32.1. The summed E-state index contributed by atoms with van der Waals surface area (Å²) in [5.74, 6) is -0.0564. The average Bonchev–Trinajstić information content (AvgIpc) is 2.86. The fraction of sp³-hybridized carbons (Fsp3) is 0.545. The lowest BCUT2D eigenvalue weighted by Gasteiger charge is -2.22. The van der Waals surface area contributed by atoms with Gasteiger partial charge in [0.05, 0.1) is 11.4 Å². The maximum atomic E-state index is 12.0. The minimum Gasteiger partial charge on any atom is -0.381 e. The number of rotatable bonds is 4. The van der Waals surface area contributed by atoms with Gasteiger partial charge < -0.3 is 10.1 Å². The molecule has 2 heterocycles.